The second-order valence-electron chi connectivity index (χ2n) is 8.97. The lowest BCUT2D eigenvalue weighted by Crippen LogP contribution is -2.40. The van der Waals surface area contributed by atoms with Gasteiger partial charge in [-0.1, -0.05) is 43.8 Å². The van der Waals surface area contributed by atoms with Crippen molar-refractivity contribution >= 4 is 28.6 Å². The van der Waals surface area contributed by atoms with Gasteiger partial charge in [-0.3, -0.25) is 4.79 Å². The molecule has 2 N–H and O–H groups in total. The van der Waals surface area contributed by atoms with Crippen LogP contribution in [0.3, 0.4) is 0 Å². The van der Waals surface area contributed by atoms with Gasteiger partial charge in [0.1, 0.15) is 11.4 Å². The second-order valence-corrected chi connectivity index (χ2v) is 10.1. The van der Waals surface area contributed by atoms with Crippen molar-refractivity contribution in [2.45, 2.75) is 36.5 Å². The van der Waals surface area contributed by atoms with Crippen LogP contribution in [0.1, 0.15) is 37.2 Å². The van der Waals surface area contributed by atoms with E-state index in [-0.39, 0.29) is 5.91 Å². The summed E-state index contributed by atoms with van der Waals surface area (Å²) in [6, 6.07) is 16.1. The van der Waals surface area contributed by atoms with Crippen molar-refractivity contribution in [2.75, 3.05) is 33.3 Å². The van der Waals surface area contributed by atoms with Crippen LogP contribution in [0.15, 0.2) is 58.3 Å². The molecule has 4 rings (SSSR count). The maximum Gasteiger partial charge on any atom is 0.268 e. The van der Waals surface area contributed by atoms with E-state index in [2.05, 4.69) is 41.2 Å². The number of benzene rings is 2. The molecule has 170 valence electrons. The molecule has 5 nitrogen and oxygen atoms in total. The first-order chi connectivity index (χ1) is 15.5. The Morgan fingerprint density at radius 3 is 2.62 bits per heavy atom. The molecule has 1 aliphatic rings. The molecular formula is C26H33N3O2S. The number of carbonyl (C=O) groups is 1. The summed E-state index contributed by atoms with van der Waals surface area (Å²) in [6.45, 7) is 8.71. The van der Waals surface area contributed by atoms with Crippen molar-refractivity contribution < 1.29 is 9.53 Å². The third kappa shape index (κ3) is 5.48. The molecule has 1 saturated heterocycles. The van der Waals surface area contributed by atoms with Crippen molar-refractivity contribution in [3.63, 3.8) is 0 Å². The molecule has 0 radical (unpaired) electrons. The number of amides is 1. The maximum atomic E-state index is 13.1. The Kier molecular flexibility index (Phi) is 7.43. The monoisotopic (exact) mass is 451 g/mol. The van der Waals surface area contributed by atoms with Crippen molar-refractivity contribution in [1.29, 1.82) is 0 Å². The minimum atomic E-state index is -0.0565. The molecule has 1 aromatic heterocycles. The summed E-state index contributed by atoms with van der Waals surface area (Å²) in [5.74, 6) is 2.23. The molecule has 2 atom stereocenters. The highest BCUT2D eigenvalue weighted by atomic mass is 32.2. The third-order valence-electron chi connectivity index (χ3n) is 6.03. The molecule has 6 heteroatoms. The first-order valence-electron chi connectivity index (χ1n) is 11.5. The van der Waals surface area contributed by atoms with E-state index in [9.17, 15) is 4.79 Å². The van der Waals surface area contributed by atoms with Crippen molar-refractivity contribution in [3.8, 4) is 5.75 Å². The number of hydrogen-bond acceptors (Lipinski definition) is 4. The smallest absolute Gasteiger partial charge is 0.268 e. The number of aromatic amines is 1. The number of methoxy groups -OCH3 is 1. The fourth-order valence-electron chi connectivity index (χ4n) is 4.72. The number of carbonyl (C=O) groups excluding carboxylic acids is 1. The van der Waals surface area contributed by atoms with Gasteiger partial charge >= 0.3 is 0 Å². The number of aromatic nitrogens is 1. The highest BCUT2D eigenvalue weighted by Crippen LogP contribution is 2.37. The molecule has 2 unspecified atom stereocenters. The summed E-state index contributed by atoms with van der Waals surface area (Å²) in [7, 11) is 1.65. The molecule has 3 aromatic rings. The Hall–Kier alpha value is -2.44. The number of ether oxygens (including phenoxy) is 1. The van der Waals surface area contributed by atoms with Crippen LogP contribution < -0.4 is 10.1 Å². The number of rotatable bonds is 8. The predicted molar refractivity (Wildman–Crippen MR) is 132 cm³/mol. The highest BCUT2D eigenvalue weighted by molar-refractivity contribution is 7.99. The molecule has 0 spiro atoms. The third-order valence-corrected chi connectivity index (χ3v) is 7.17. The zero-order valence-corrected chi connectivity index (χ0v) is 20.0. The summed E-state index contributed by atoms with van der Waals surface area (Å²) < 4.78 is 5.37. The van der Waals surface area contributed by atoms with Gasteiger partial charge in [0.15, 0.2) is 0 Å². The van der Waals surface area contributed by atoms with E-state index in [0.717, 1.165) is 51.2 Å². The number of nitrogens with zero attached hydrogens (tertiary/aromatic N) is 1. The van der Waals surface area contributed by atoms with Crippen LogP contribution in [0.2, 0.25) is 0 Å². The lowest BCUT2D eigenvalue weighted by molar-refractivity contribution is 0.0940. The van der Waals surface area contributed by atoms with Crippen molar-refractivity contribution in [1.82, 2.24) is 15.2 Å². The Morgan fingerprint density at radius 1 is 1.16 bits per heavy atom. The molecule has 0 bridgehead atoms. The van der Waals surface area contributed by atoms with Gasteiger partial charge in [-0.2, -0.15) is 0 Å². The molecule has 2 heterocycles. The number of H-pyrrole nitrogens is 1. The van der Waals surface area contributed by atoms with Crippen LogP contribution in [0.25, 0.3) is 10.9 Å². The van der Waals surface area contributed by atoms with E-state index < -0.39 is 0 Å². The minimum absolute atomic E-state index is 0.0565. The largest absolute Gasteiger partial charge is 0.497 e. The van der Waals surface area contributed by atoms with Crippen molar-refractivity contribution in [2.24, 2.45) is 11.8 Å². The van der Waals surface area contributed by atoms with Crippen LogP contribution in [-0.4, -0.2) is 49.1 Å². The Balaban J connectivity index is 1.45. The average Bonchev–Trinajstić information content (AvgIpc) is 3.14. The van der Waals surface area contributed by atoms with Gasteiger partial charge in [0.2, 0.25) is 0 Å². The molecule has 1 aliphatic heterocycles. The number of likely N-dealkylation sites (tertiary alicyclic amines) is 1. The summed E-state index contributed by atoms with van der Waals surface area (Å²) in [5, 5.41) is 4.16. The quantitative estimate of drug-likeness (QED) is 0.449. The van der Waals surface area contributed by atoms with Crippen LogP contribution in [-0.2, 0) is 0 Å². The minimum Gasteiger partial charge on any atom is -0.497 e. The van der Waals surface area contributed by atoms with Gasteiger partial charge in [0.05, 0.1) is 17.5 Å². The van der Waals surface area contributed by atoms with Gasteiger partial charge in [-0.25, -0.2) is 0 Å². The van der Waals surface area contributed by atoms with Gasteiger partial charge in [-0.05, 0) is 55.5 Å². The average molecular weight is 452 g/mol. The Morgan fingerprint density at radius 2 is 1.91 bits per heavy atom. The topological polar surface area (TPSA) is 57.4 Å². The summed E-state index contributed by atoms with van der Waals surface area (Å²) in [6.07, 6.45) is 2.28. The standard InChI is InChI=1S/C26H33N3O2S/c1-18-14-19(2)17-29(16-18)13-7-12-27-26(30)24-25(32-21-8-5-4-6-9-21)22-11-10-20(31-3)15-23(22)28-24/h4-6,8-11,15,18-19,28H,7,12-14,16-17H2,1-3H3,(H,27,30). The van der Waals surface area contributed by atoms with Gasteiger partial charge in [0, 0.05) is 36.0 Å². The molecule has 1 fully saturated rings. The van der Waals surface area contributed by atoms with E-state index in [1.165, 1.54) is 19.5 Å². The zero-order chi connectivity index (χ0) is 22.5. The van der Waals surface area contributed by atoms with Crippen LogP contribution >= 0.6 is 11.8 Å². The summed E-state index contributed by atoms with van der Waals surface area (Å²) in [5.41, 5.74) is 1.52. The summed E-state index contributed by atoms with van der Waals surface area (Å²) >= 11 is 1.61. The fraction of sp³-hybridized carbons (Fsp3) is 0.423. The lowest BCUT2D eigenvalue weighted by Gasteiger charge is -2.34. The molecule has 0 saturated carbocycles. The van der Waals surface area contributed by atoms with Crippen LogP contribution in [0.5, 0.6) is 5.75 Å². The van der Waals surface area contributed by atoms with E-state index in [1.54, 1.807) is 18.9 Å². The number of fused-ring (bicyclic) bond motifs is 1. The number of hydrogen-bond donors (Lipinski definition) is 2. The predicted octanol–water partition coefficient (Wildman–Crippen LogP) is 5.43. The van der Waals surface area contributed by atoms with Crippen LogP contribution in [0.4, 0.5) is 0 Å². The summed E-state index contributed by atoms with van der Waals surface area (Å²) in [4.78, 5) is 21.1. The SMILES string of the molecule is COc1ccc2c(Sc3ccccc3)c(C(=O)NCCCN3CC(C)CC(C)C3)[nH]c2c1. The lowest BCUT2D eigenvalue weighted by atomic mass is 9.92. The Labute approximate surface area is 194 Å². The first kappa shape index (κ1) is 22.7. The number of piperidine rings is 1. The van der Waals surface area contributed by atoms with E-state index >= 15 is 0 Å². The van der Waals surface area contributed by atoms with Crippen molar-refractivity contribution in [3.05, 3.63) is 54.2 Å². The van der Waals surface area contributed by atoms with E-state index in [0.29, 0.717) is 12.2 Å². The molecule has 32 heavy (non-hydrogen) atoms. The van der Waals surface area contributed by atoms with Gasteiger partial charge in [0.25, 0.3) is 5.91 Å². The zero-order valence-electron chi connectivity index (χ0n) is 19.2. The fourth-order valence-corrected chi connectivity index (χ4v) is 5.78. The molecule has 0 aliphatic carbocycles. The van der Waals surface area contributed by atoms with E-state index in [4.69, 9.17) is 4.74 Å². The molecule has 1 amide bonds. The molecule has 2 aromatic carbocycles. The second kappa shape index (κ2) is 10.5. The highest BCUT2D eigenvalue weighted by Gasteiger charge is 2.22. The normalized spacial score (nSPS) is 19.2. The van der Waals surface area contributed by atoms with E-state index in [1.807, 2.05) is 36.4 Å². The molecular weight excluding hydrogens is 418 g/mol. The Bertz CT molecular complexity index is 1040. The number of nitrogens with one attached hydrogen (secondary N) is 2. The maximum absolute atomic E-state index is 13.1. The van der Waals surface area contributed by atoms with Crippen LogP contribution in [0, 0.1) is 11.8 Å². The van der Waals surface area contributed by atoms with Gasteiger partial charge < -0.3 is 19.9 Å². The van der Waals surface area contributed by atoms with Gasteiger partial charge in [-0.15, -0.1) is 0 Å². The first-order valence-corrected chi connectivity index (χ1v) is 12.3.